The average molecular weight is 194 g/mol. The van der Waals surface area contributed by atoms with Crippen LogP contribution in [0.25, 0.3) is 0 Å². The van der Waals surface area contributed by atoms with Crippen LogP contribution in [0.15, 0.2) is 0 Å². The van der Waals surface area contributed by atoms with Crippen molar-refractivity contribution in [3.63, 3.8) is 0 Å². The van der Waals surface area contributed by atoms with Crippen molar-refractivity contribution in [1.82, 2.24) is 0 Å². The molecule has 0 aromatic heterocycles. The number of aldehydes is 1. The number of carbonyl (C=O) groups is 1. The summed E-state index contributed by atoms with van der Waals surface area (Å²) in [5, 5.41) is 0. The standard InChI is InChI=1S/C9H13F3O/c10-9(11,12)8-3-1-7(2-4-8)5-6-13/h6-8H,1-5H2. The summed E-state index contributed by atoms with van der Waals surface area (Å²) in [6, 6.07) is 0. The van der Waals surface area contributed by atoms with E-state index in [1.54, 1.807) is 0 Å². The lowest BCUT2D eigenvalue weighted by Crippen LogP contribution is -2.27. The molecule has 0 N–H and O–H groups in total. The Labute approximate surface area is 75.3 Å². The molecule has 0 aromatic rings. The molecule has 0 heterocycles. The maximum absolute atomic E-state index is 12.2. The highest BCUT2D eigenvalue weighted by atomic mass is 19.4. The van der Waals surface area contributed by atoms with Gasteiger partial charge >= 0.3 is 6.18 Å². The van der Waals surface area contributed by atoms with E-state index in [4.69, 9.17) is 0 Å². The van der Waals surface area contributed by atoms with Crippen molar-refractivity contribution in [1.29, 1.82) is 0 Å². The van der Waals surface area contributed by atoms with Crippen molar-refractivity contribution in [3.8, 4) is 0 Å². The number of alkyl halides is 3. The van der Waals surface area contributed by atoms with Crippen molar-refractivity contribution in [3.05, 3.63) is 0 Å². The molecule has 1 saturated carbocycles. The largest absolute Gasteiger partial charge is 0.391 e. The summed E-state index contributed by atoms with van der Waals surface area (Å²) in [6.45, 7) is 0. The summed E-state index contributed by atoms with van der Waals surface area (Å²) in [5.74, 6) is -0.938. The number of hydrogen-bond donors (Lipinski definition) is 0. The molecule has 76 valence electrons. The third-order valence-corrected chi connectivity index (χ3v) is 2.74. The molecule has 0 unspecified atom stereocenters. The second-order valence-corrected chi connectivity index (χ2v) is 3.66. The molecule has 0 amide bonds. The van der Waals surface area contributed by atoms with Gasteiger partial charge in [0, 0.05) is 6.42 Å². The lowest BCUT2D eigenvalue weighted by molar-refractivity contribution is -0.183. The minimum atomic E-state index is -4.04. The second-order valence-electron chi connectivity index (χ2n) is 3.66. The van der Waals surface area contributed by atoms with Crippen LogP contribution in [-0.4, -0.2) is 12.5 Å². The molecule has 0 radical (unpaired) electrons. The summed E-state index contributed by atoms with van der Waals surface area (Å²) in [5.41, 5.74) is 0. The quantitative estimate of drug-likeness (QED) is 0.617. The van der Waals surface area contributed by atoms with Crippen molar-refractivity contribution in [2.75, 3.05) is 0 Å². The minimum Gasteiger partial charge on any atom is -0.303 e. The van der Waals surface area contributed by atoms with E-state index in [0.717, 1.165) is 6.29 Å². The van der Waals surface area contributed by atoms with E-state index < -0.39 is 12.1 Å². The zero-order valence-corrected chi connectivity index (χ0v) is 7.31. The van der Waals surface area contributed by atoms with Gasteiger partial charge in [0.15, 0.2) is 0 Å². The highest BCUT2D eigenvalue weighted by Gasteiger charge is 2.41. The van der Waals surface area contributed by atoms with Crippen molar-refractivity contribution < 1.29 is 18.0 Å². The molecular formula is C9H13F3O. The minimum absolute atomic E-state index is 0.191. The molecule has 1 aliphatic rings. The Kier molecular flexibility index (Phi) is 3.33. The maximum Gasteiger partial charge on any atom is 0.391 e. The number of rotatable bonds is 2. The molecule has 0 aromatic carbocycles. The Hall–Kier alpha value is -0.540. The first kappa shape index (κ1) is 10.5. The smallest absolute Gasteiger partial charge is 0.303 e. The second kappa shape index (κ2) is 4.11. The highest BCUT2D eigenvalue weighted by Crippen LogP contribution is 2.39. The molecule has 0 spiro atoms. The Bertz CT molecular complexity index is 168. The van der Waals surface area contributed by atoms with Gasteiger partial charge in [-0.2, -0.15) is 13.2 Å². The fraction of sp³-hybridized carbons (Fsp3) is 0.889. The van der Waals surface area contributed by atoms with Gasteiger partial charge in [-0.3, -0.25) is 0 Å². The molecule has 1 nitrogen and oxygen atoms in total. The van der Waals surface area contributed by atoms with Crippen LogP contribution in [-0.2, 0) is 4.79 Å². The molecular weight excluding hydrogens is 181 g/mol. The maximum atomic E-state index is 12.2. The molecule has 1 rings (SSSR count). The summed E-state index contributed by atoms with van der Waals surface area (Å²) in [6.07, 6.45) is -1.33. The fourth-order valence-corrected chi connectivity index (χ4v) is 1.86. The van der Waals surface area contributed by atoms with E-state index in [2.05, 4.69) is 0 Å². The van der Waals surface area contributed by atoms with E-state index in [1.165, 1.54) is 0 Å². The summed E-state index contributed by atoms with van der Waals surface area (Å²) in [4.78, 5) is 10.1. The van der Waals surface area contributed by atoms with E-state index in [-0.39, 0.29) is 18.8 Å². The van der Waals surface area contributed by atoms with Crippen LogP contribution in [0.1, 0.15) is 32.1 Å². The SMILES string of the molecule is O=CCC1CCC(C(F)(F)F)CC1. The fourth-order valence-electron chi connectivity index (χ4n) is 1.86. The predicted octanol–water partition coefficient (Wildman–Crippen LogP) is 2.94. The summed E-state index contributed by atoms with van der Waals surface area (Å²) < 4.78 is 36.6. The normalized spacial score (nSPS) is 30.1. The van der Waals surface area contributed by atoms with Crippen LogP contribution >= 0.6 is 0 Å². The third-order valence-electron chi connectivity index (χ3n) is 2.74. The van der Waals surface area contributed by atoms with Gasteiger partial charge in [0.05, 0.1) is 5.92 Å². The monoisotopic (exact) mass is 194 g/mol. The van der Waals surface area contributed by atoms with E-state index in [9.17, 15) is 18.0 Å². The zero-order chi connectivity index (χ0) is 9.90. The molecule has 0 bridgehead atoms. The Morgan fingerprint density at radius 3 is 2.08 bits per heavy atom. The molecule has 0 saturated heterocycles. The van der Waals surface area contributed by atoms with E-state index >= 15 is 0 Å². The first-order valence-corrected chi connectivity index (χ1v) is 4.54. The summed E-state index contributed by atoms with van der Waals surface area (Å²) >= 11 is 0. The van der Waals surface area contributed by atoms with Gasteiger partial charge in [-0.15, -0.1) is 0 Å². The van der Waals surface area contributed by atoms with Crippen molar-refractivity contribution in [2.45, 2.75) is 38.3 Å². The average Bonchev–Trinajstić information content (AvgIpc) is 2.04. The van der Waals surface area contributed by atoms with Crippen LogP contribution in [0.4, 0.5) is 13.2 Å². The zero-order valence-electron chi connectivity index (χ0n) is 7.31. The topological polar surface area (TPSA) is 17.1 Å². The highest BCUT2D eigenvalue weighted by molar-refractivity contribution is 5.49. The van der Waals surface area contributed by atoms with E-state index in [0.29, 0.717) is 19.3 Å². The Morgan fingerprint density at radius 1 is 1.15 bits per heavy atom. The van der Waals surface area contributed by atoms with Gasteiger partial charge in [-0.25, -0.2) is 0 Å². The molecule has 4 heteroatoms. The molecule has 1 aliphatic carbocycles. The Morgan fingerprint density at radius 2 is 1.69 bits per heavy atom. The van der Waals surface area contributed by atoms with Crippen LogP contribution in [0.3, 0.4) is 0 Å². The Balaban J connectivity index is 2.34. The predicted molar refractivity (Wildman–Crippen MR) is 42.2 cm³/mol. The number of halogens is 3. The first-order chi connectivity index (χ1) is 6.04. The van der Waals surface area contributed by atoms with Gasteiger partial charge in [0.1, 0.15) is 6.29 Å². The van der Waals surface area contributed by atoms with Gasteiger partial charge in [-0.05, 0) is 31.6 Å². The van der Waals surface area contributed by atoms with Gasteiger partial charge < -0.3 is 4.79 Å². The summed E-state index contributed by atoms with van der Waals surface area (Å²) in [7, 11) is 0. The van der Waals surface area contributed by atoms with Crippen LogP contribution < -0.4 is 0 Å². The van der Waals surface area contributed by atoms with Crippen LogP contribution in [0, 0.1) is 11.8 Å². The van der Waals surface area contributed by atoms with Crippen molar-refractivity contribution >= 4 is 6.29 Å². The lowest BCUT2D eigenvalue weighted by Gasteiger charge is -2.28. The molecule has 0 aliphatic heterocycles. The third kappa shape index (κ3) is 3.01. The molecule has 1 fully saturated rings. The van der Waals surface area contributed by atoms with Crippen LogP contribution in [0.2, 0.25) is 0 Å². The van der Waals surface area contributed by atoms with Crippen LogP contribution in [0.5, 0.6) is 0 Å². The number of hydrogen-bond acceptors (Lipinski definition) is 1. The van der Waals surface area contributed by atoms with Gasteiger partial charge in [0.25, 0.3) is 0 Å². The van der Waals surface area contributed by atoms with Gasteiger partial charge in [0.2, 0.25) is 0 Å². The lowest BCUT2D eigenvalue weighted by atomic mass is 9.80. The molecule has 13 heavy (non-hydrogen) atoms. The first-order valence-electron chi connectivity index (χ1n) is 4.54. The number of carbonyl (C=O) groups excluding carboxylic acids is 1. The van der Waals surface area contributed by atoms with Crippen molar-refractivity contribution in [2.24, 2.45) is 11.8 Å². The van der Waals surface area contributed by atoms with Gasteiger partial charge in [-0.1, -0.05) is 0 Å². The van der Waals surface area contributed by atoms with E-state index in [1.807, 2.05) is 0 Å². The molecule has 0 atom stereocenters.